The Balaban J connectivity index is 0.00000210. The summed E-state index contributed by atoms with van der Waals surface area (Å²) in [5.41, 5.74) is 5.29. The third-order valence-electron chi connectivity index (χ3n) is 4.73. The van der Waals surface area contributed by atoms with Crippen LogP contribution in [-0.2, 0) is 13.0 Å². The zero-order chi connectivity index (χ0) is 18.1. The number of nitrogens with one attached hydrogen (secondary N) is 1. The Kier molecular flexibility index (Phi) is 5.61. The maximum Gasteiger partial charge on any atom is 0.229 e. The number of nitrogens with zero attached hydrogens (tertiary/aromatic N) is 3. The zero-order valence-corrected chi connectivity index (χ0v) is 16.2. The molecule has 0 bridgehead atoms. The highest BCUT2D eigenvalue weighted by Crippen LogP contribution is 2.25. The van der Waals surface area contributed by atoms with E-state index in [1.807, 2.05) is 19.9 Å². The number of rotatable bonds is 3. The molecule has 1 aliphatic heterocycles. The van der Waals surface area contributed by atoms with Gasteiger partial charge in [0, 0.05) is 30.5 Å². The third kappa shape index (κ3) is 4.19. The molecule has 4 nitrogen and oxygen atoms in total. The van der Waals surface area contributed by atoms with Crippen molar-refractivity contribution in [2.45, 2.75) is 26.8 Å². The van der Waals surface area contributed by atoms with Gasteiger partial charge in [0.15, 0.2) is 0 Å². The van der Waals surface area contributed by atoms with E-state index in [1.54, 1.807) is 6.07 Å². The van der Waals surface area contributed by atoms with Crippen molar-refractivity contribution >= 4 is 29.9 Å². The highest BCUT2D eigenvalue weighted by Gasteiger charge is 2.18. The first-order valence-electron chi connectivity index (χ1n) is 8.79. The molecule has 0 atom stereocenters. The van der Waals surface area contributed by atoms with Gasteiger partial charge in [0.1, 0.15) is 11.6 Å². The maximum absolute atomic E-state index is 13.3. The van der Waals surface area contributed by atoms with Crippen molar-refractivity contribution in [2.24, 2.45) is 0 Å². The summed E-state index contributed by atoms with van der Waals surface area (Å²) in [4.78, 5) is 11.5. The van der Waals surface area contributed by atoms with E-state index in [4.69, 9.17) is 4.98 Å². The molecule has 0 aliphatic carbocycles. The lowest BCUT2D eigenvalue weighted by atomic mass is 10.00. The van der Waals surface area contributed by atoms with Crippen molar-refractivity contribution in [3.05, 3.63) is 76.7 Å². The van der Waals surface area contributed by atoms with E-state index in [1.165, 1.54) is 23.3 Å². The molecule has 140 valence electrons. The van der Waals surface area contributed by atoms with Crippen LogP contribution in [-0.4, -0.2) is 16.5 Å². The quantitative estimate of drug-likeness (QED) is 0.692. The van der Waals surface area contributed by atoms with Crippen LogP contribution in [0.25, 0.3) is 0 Å². The van der Waals surface area contributed by atoms with E-state index < -0.39 is 0 Å². The number of hydrogen-bond donors (Lipinski definition) is 1. The van der Waals surface area contributed by atoms with Gasteiger partial charge < -0.3 is 10.2 Å². The summed E-state index contributed by atoms with van der Waals surface area (Å²) < 4.78 is 13.3. The maximum atomic E-state index is 13.3. The lowest BCUT2D eigenvalue weighted by Gasteiger charge is -2.30. The molecule has 0 spiro atoms. The predicted molar refractivity (Wildman–Crippen MR) is 110 cm³/mol. The summed E-state index contributed by atoms with van der Waals surface area (Å²) in [5, 5.41) is 3.22. The molecule has 1 aliphatic rings. The summed E-state index contributed by atoms with van der Waals surface area (Å²) in [6.07, 6.45) is 1.01. The lowest BCUT2D eigenvalue weighted by molar-refractivity contribution is 0.627. The minimum atomic E-state index is -0.245. The second-order valence-electron chi connectivity index (χ2n) is 6.72. The zero-order valence-electron chi connectivity index (χ0n) is 15.4. The fraction of sp³-hybridized carbons (Fsp3) is 0.238. The molecule has 2 aromatic carbocycles. The standard InChI is InChI=1S/C21H21FN4.ClH/c1-14-11-18(22)7-8-19(14)24-21-23-15(2)12-20(25-21)26-10-9-16-5-3-4-6-17(16)13-26;/h3-8,11-12H,9-10,13H2,1-2H3,(H,23,24,25);1H. The first kappa shape index (κ1) is 19.1. The molecule has 6 heteroatoms. The molecule has 4 rings (SSSR count). The highest BCUT2D eigenvalue weighted by atomic mass is 35.5. The third-order valence-corrected chi connectivity index (χ3v) is 4.73. The minimum absolute atomic E-state index is 0. The predicted octanol–water partition coefficient (Wildman–Crippen LogP) is 4.96. The monoisotopic (exact) mass is 384 g/mol. The summed E-state index contributed by atoms with van der Waals surface area (Å²) in [6.45, 7) is 5.61. The van der Waals surface area contributed by atoms with Gasteiger partial charge >= 0.3 is 0 Å². The van der Waals surface area contributed by atoms with Gasteiger partial charge in [-0.3, -0.25) is 0 Å². The molecular formula is C21H22ClFN4. The van der Waals surface area contributed by atoms with E-state index in [2.05, 4.69) is 39.5 Å². The van der Waals surface area contributed by atoms with Gasteiger partial charge in [-0.05, 0) is 55.2 Å². The van der Waals surface area contributed by atoms with Gasteiger partial charge in [0.2, 0.25) is 5.95 Å². The van der Waals surface area contributed by atoms with Gasteiger partial charge in [-0.15, -0.1) is 12.4 Å². The smallest absolute Gasteiger partial charge is 0.229 e. The van der Waals surface area contributed by atoms with E-state index >= 15 is 0 Å². The average molecular weight is 385 g/mol. The van der Waals surface area contributed by atoms with Crippen molar-refractivity contribution in [1.82, 2.24) is 9.97 Å². The van der Waals surface area contributed by atoms with Crippen LogP contribution >= 0.6 is 12.4 Å². The van der Waals surface area contributed by atoms with Crippen LogP contribution in [0, 0.1) is 19.7 Å². The molecule has 0 fully saturated rings. The molecule has 0 saturated carbocycles. The first-order valence-corrected chi connectivity index (χ1v) is 8.79. The Hall–Kier alpha value is -2.66. The molecule has 27 heavy (non-hydrogen) atoms. The Morgan fingerprint density at radius 1 is 1.00 bits per heavy atom. The molecule has 0 saturated heterocycles. The van der Waals surface area contributed by atoms with Crippen molar-refractivity contribution in [1.29, 1.82) is 0 Å². The number of hydrogen-bond acceptors (Lipinski definition) is 4. The molecule has 1 N–H and O–H groups in total. The SMILES string of the molecule is Cc1cc(N2CCc3ccccc3C2)nc(Nc2ccc(F)cc2C)n1.Cl. The van der Waals surface area contributed by atoms with Crippen LogP contribution in [0.15, 0.2) is 48.5 Å². The molecular weight excluding hydrogens is 363 g/mol. The van der Waals surface area contributed by atoms with Crippen molar-refractivity contribution in [3.8, 4) is 0 Å². The van der Waals surface area contributed by atoms with E-state index in [9.17, 15) is 4.39 Å². The van der Waals surface area contributed by atoms with Gasteiger partial charge in [-0.1, -0.05) is 24.3 Å². The fourth-order valence-corrected chi connectivity index (χ4v) is 3.35. The van der Waals surface area contributed by atoms with Crippen LogP contribution in [0.4, 0.5) is 21.8 Å². The van der Waals surface area contributed by atoms with Gasteiger partial charge in [-0.25, -0.2) is 9.37 Å². The number of aryl methyl sites for hydroxylation is 2. The van der Waals surface area contributed by atoms with Gasteiger partial charge in [-0.2, -0.15) is 4.98 Å². The van der Waals surface area contributed by atoms with Gasteiger partial charge in [0.05, 0.1) is 0 Å². The van der Waals surface area contributed by atoms with Gasteiger partial charge in [0.25, 0.3) is 0 Å². The van der Waals surface area contributed by atoms with Crippen molar-refractivity contribution in [2.75, 3.05) is 16.8 Å². The molecule has 2 heterocycles. The summed E-state index contributed by atoms with van der Waals surface area (Å²) in [7, 11) is 0. The van der Waals surface area contributed by atoms with Crippen LogP contribution < -0.4 is 10.2 Å². The van der Waals surface area contributed by atoms with Crippen LogP contribution in [0.2, 0.25) is 0 Å². The number of benzene rings is 2. The summed E-state index contributed by atoms with van der Waals surface area (Å²) in [5.74, 6) is 1.20. The number of fused-ring (bicyclic) bond motifs is 1. The Labute approximate surface area is 164 Å². The number of halogens is 2. The van der Waals surface area contributed by atoms with Crippen molar-refractivity contribution in [3.63, 3.8) is 0 Å². The van der Waals surface area contributed by atoms with Crippen LogP contribution in [0.3, 0.4) is 0 Å². The number of aromatic nitrogens is 2. The molecule has 3 aromatic rings. The van der Waals surface area contributed by atoms with E-state index in [0.29, 0.717) is 5.95 Å². The molecule has 0 amide bonds. The lowest BCUT2D eigenvalue weighted by Crippen LogP contribution is -2.31. The Bertz CT molecular complexity index is 961. The second kappa shape index (κ2) is 7.92. The highest BCUT2D eigenvalue weighted by molar-refractivity contribution is 5.85. The van der Waals surface area contributed by atoms with E-state index in [-0.39, 0.29) is 18.2 Å². The number of anilines is 3. The summed E-state index contributed by atoms with van der Waals surface area (Å²) in [6, 6.07) is 15.2. The topological polar surface area (TPSA) is 41.1 Å². The molecule has 1 aromatic heterocycles. The second-order valence-corrected chi connectivity index (χ2v) is 6.72. The largest absolute Gasteiger partial charge is 0.352 e. The van der Waals surface area contributed by atoms with Crippen LogP contribution in [0.5, 0.6) is 0 Å². The van der Waals surface area contributed by atoms with Crippen molar-refractivity contribution < 1.29 is 4.39 Å². The van der Waals surface area contributed by atoms with Crippen LogP contribution in [0.1, 0.15) is 22.4 Å². The fourth-order valence-electron chi connectivity index (χ4n) is 3.35. The minimum Gasteiger partial charge on any atom is -0.352 e. The first-order chi connectivity index (χ1) is 12.6. The molecule has 0 unspecified atom stereocenters. The Morgan fingerprint density at radius 3 is 2.56 bits per heavy atom. The van der Waals surface area contributed by atoms with E-state index in [0.717, 1.165) is 42.3 Å². The molecule has 0 radical (unpaired) electrons. The normalized spacial score (nSPS) is 12.9. The Morgan fingerprint density at radius 2 is 1.78 bits per heavy atom. The average Bonchev–Trinajstić information content (AvgIpc) is 2.63. The summed E-state index contributed by atoms with van der Waals surface area (Å²) >= 11 is 0.